The number of nitrogens with zero attached hydrogens (tertiary/aromatic N) is 2. The van der Waals surface area contributed by atoms with Crippen molar-refractivity contribution >= 4 is 17.8 Å². The molecule has 10 heteroatoms. The van der Waals surface area contributed by atoms with Crippen molar-refractivity contribution in [2.24, 2.45) is 0 Å². The molecule has 2 atom stereocenters. The highest BCUT2D eigenvalue weighted by molar-refractivity contribution is 5.94. The fourth-order valence-electron chi connectivity index (χ4n) is 2.75. The third-order valence-electron chi connectivity index (χ3n) is 3.95. The van der Waals surface area contributed by atoms with Crippen LogP contribution in [0, 0.1) is 11.6 Å². The third kappa shape index (κ3) is 3.53. The van der Waals surface area contributed by atoms with E-state index in [0.717, 1.165) is 12.1 Å². The normalized spacial score (nSPS) is 19.0. The standard InChI is InChI=1S/C16H15F2N5O3/c1-26-8-4-10(17)13(11(18)5-8)9-6-20-15(24)14(9)23-16(25)22-12-2-3-19-7-21-12/h2-5,7,9,14H,6H2,1H3,(H,20,24)(H2,19,21,22,23,25). The number of ether oxygens (including phenoxy) is 1. The highest BCUT2D eigenvalue weighted by Crippen LogP contribution is 2.31. The Morgan fingerprint density at radius 1 is 1.35 bits per heavy atom. The van der Waals surface area contributed by atoms with Crippen LogP contribution in [-0.2, 0) is 4.79 Å². The van der Waals surface area contributed by atoms with E-state index in [2.05, 4.69) is 25.9 Å². The Morgan fingerprint density at radius 2 is 2.08 bits per heavy atom. The molecule has 2 unspecified atom stereocenters. The number of benzene rings is 1. The lowest BCUT2D eigenvalue weighted by Crippen LogP contribution is -2.45. The van der Waals surface area contributed by atoms with Crippen LogP contribution in [0.3, 0.4) is 0 Å². The highest BCUT2D eigenvalue weighted by Gasteiger charge is 2.40. The van der Waals surface area contributed by atoms with Gasteiger partial charge in [0, 0.05) is 36.4 Å². The Bertz CT molecular complexity index is 811. The molecular weight excluding hydrogens is 348 g/mol. The molecule has 0 radical (unpaired) electrons. The molecule has 0 saturated carbocycles. The number of carbonyl (C=O) groups is 2. The first-order valence-electron chi connectivity index (χ1n) is 7.63. The van der Waals surface area contributed by atoms with Crippen molar-refractivity contribution < 1.29 is 23.1 Å². The largest absolute Gasteiger partial charge is 0.497 e. The lowest BCUT2D eigenvalue weighted by Gasteiger charge is -2.20. The fraction of sp³-hybridized carbons (Fsp3) is 0.250. The number of aromatic nitrogens is 2. The number of hydrogen-bond donors (Lipinski definition) is 3. The predicted octanol–water partition coefficient (Wildman–Crippen LogP) is 1.17. The van der Waals surface area contributed by atoms with Crippen molar-refractivity contribution in [2.75, 3.05) is 19.0 Å². The van der Waals surface area contributed by atoms with E-state index in [1.54, 1.807) is 0 Å². The summed E-state index contributed by atoms with van der Waals surface area (Å²) in [6.45, 7) is -0.0164. The van der Waals surface area contributed by atoms with Gasteiger partial charge in [-0.2, -0.15) is 0 Å². The Hall–Kier alpha value is -3.30. The zero-order chi connectivity index (χ0) is 18.7. The van der Waals surface area contributed by atoms with Gasteiger partial charge in [0.2, 0.25) is 5.91 Å². The molecule has 1 aliphatic heterocycles. The van der Waals surface area contributed by atoms with Gasteiger partial charge in [-0.1, -0.05) is 0 Å². The van der Waals surface area contributed by atoms with E-state index in [0.29, 0.717) is 0 Å². The van der Waals surface area contributed by atoms with E-state index in [1.165, 1.54) is 25.7 Å². The summed E-state index contributed by atoms with van der Waals surface area (Å²) in [5, 5.41) is 7.34. The zero-order valence-corrected chi connectivity index (χ0v) is 13.6. The van der Waals surface area contributed by atoms with Crippen LogP contribution in [0.4, 0.5) is 19.4 Å². The summed E-state index contributed by atoms with van der Waals surface area (Å²) in [4.78, 5) is 31.7. The van der Waals surface area contributed by atoms with Gasteiger partial charge >= 0.3 is 6.03 Å². The fourth-order valence-corrected chi connectivity index (χ4v) is 2.75. The number of rotatable bonds is 4. The van der Waals surface area contributed by atoms with Crippen LogP contribution in [-0.4, -0.2) is 41.6 Å². The summed E-state index contributed by atoms with van der Waals surface area (Å²) >= 11 is 0. The molecule has 0 spiro atoms. The second-order valence-electron chi connectivity index (χ2n) is 5.53. The number of methoxy groups -OCH3 is 1. The SMILES string of the molecule is COc1cc(F)c(C2CNC(=O)C2NC(=O)Nc2ccncn2)c(F)c1. The zero-order valence-electron chi connectivity index (χ0n) is 13.6. The van der Waals surface area contributed by atoms with Gasteiger partial charge in [-0.25, -0.2) is 23.5 Å². The Kier molecular flexibility index (Phi) is 4.92. The molecule has 2 aromatic rings. The quantitative estimate of drug-likeness (QED) is 0.756. The average molecular weight is 363 g/mol. The van der Waals surface area contributed by atoms with Crippen LogP contribution in [0.25, 0.3) is 0 Å². The van der Waals surface area contributed by atoms with Gasteiger partial charge < -0.3 is 15.4 Å². The highest BCUT2D eigenvalue weighted by atomic mass is 19.1. The maximum atomic E-state index is 14.3. The van der Waals surface area contributed by atoms with Crippen LogP contribution in [0.2, 0.25) is 0 Å². The summed E-state index contributed by atoms with van der Waals surface area (Å²) in [7, 11) is 1.29. The first kappa shape index (κ1) is 17.5. The predicted molar refractivity (Wildman–Crippen MR) is 86.6 cm³/mol. The molecule has 1 aromatic carbocycles. The summed E-state index contributed by atoms with van der Waals surface area (Å²) in [6, 6.07) is 1.63. The summed E-state index contributed by atoms with van der Waals surface area (Å²) in [6.07, 6.45) is 2.67. The molecule has 1 saturated heterocycles. The van der Waals surface area contributed by atoms with E-state index in [9.17, 15) is 18.4 Å². The van der Waals surface area contributed by atoms with Crippen molar-refractivity contribution in [3.05, 3.63) is 47.9 Å². The van der Waals surface area contributed by atoms with E-state index in [-0.39, 0.29) is 23.7 Å². The van der Waals surface area contributed by atoms with E-state index >= 15 is 0 Å². The molecule has 0 aliphatic carbocycles. The van der Waals surface area contributed by atoms with E-state index < -0.39 is 35.5 Å². The van der Waals surface area contributed by atoms with E-state index in [4.69, 9.17) is 4.74 Å². The third-order valence-corrected chi connectivity index (χ3v) is 3.95. The molecular formula is C16H15F2N5O3. The van der Waals surface area contributed by atoms with Crippen molar-refractivity contribution in [1.82, 2.24) is 20.6 Å². The molecule has 136 valence electrons. The molecule has 1 aliphatic rings. The summed E-state index contributed by atoms with van der Waals surface area (Å²) in [5.74, 6) is -2.92. The minimum atomic E-state index is -1.14. The second kappa shape index (κ2) is 7.30. The van der Waals surface area contributed by atoms with Gasteiger partial charge in [0.15, 0.2) is 0 Å². The molecule has 2 heterocycles. The van der Waals surface area contributed by atoms with Crippen LogP contribution in [0.15, 0.2) is 30.7 Å². The lowest BCUT2D eigenvalue weighted by atomic mass is 9.93. The van der Waals surface area contributed by atoms with Crippen LogP contribution >= 0.6 is 0 Å². The number of urea groups is 1. The lowest BCUT2D eigenvalue weighted by molar-refractivity contribution is -0.120. The number of carbonyl (C=O) groups excluding carboxylic acids is 2. The smallest absolute Gasteiger partial charge is 0.321 e. The maximum Gasteiger partial charge on any atom is 0.321 e. The first-order chi connectivity index (χ1) is 12.5. The van der Waals surface area contributed by atoms with Crippen molar-refractivity contribution in [3.63, 3.8) is 0 Å². The first-order valence-corrected chi connectivity index (χ1v) is 7.63. The van der Waals surface area contributed by atoms with Crippen molar-refractivity contribution in [3.8, 4) is 5.75 Å². The summed E-state index contributed by atoms with van der Waals surface area (Å²) < 4.78 is 33.5. The Morgan fingerprint density at radius 3 is 2.69 bits per heavy atom. The number of halogens is 2. The summed E-state index contributed by atoms with van der Waals surface area (Å²) in [5.41, 5.74) is -0.295. The number of hydrogen-bond acceptors (Lipinski definition) is 5. The Balaban J connectivity index is 1.80. The molecule has 26 heavy (non-hydrogen) atoms. The van der Waals surface area contributed by atoms with Crippen molar-refractivity contribution in [1.29, 1.82) is 0 Å². The topological polar surface area (TPSA) is 105 Å². The van der Waals surface area contributed by atoms with Gasteiger partial charge in [-0.05, 0) is 6.07 Å². The van der Waals surface area contributed by atoms with Crippen LogP contribution < -0.4 is 20.7 Å². The van der Waals surface area contributed by atoms with Gasteiger partial charge in [0.1, 0.15) is 35.6 Å². The van der Waals surface area contributed by atoms with Gasteiger partial charge in [0.25, 0.3) is 0 Å². The minimum Gasteiger partial charge on any atom is -0.497 e. The number of nitrogens with one attached hydrogen (secondary N) is 3. The van der Waals surface area contributed by atoms with Gasteiger partial charge in [0.05, 0.1) is 7.11 Å². The van der Waals surface area contributed by atoms with Gasteiger partial charge in [-0.15, -0.1) is 0 Å². The molecule has 0 bridgehead atoms. The minimum absolute atomic E-state index is 0.0164. The molecule has 8 nitrogen and oxygen atoms in total. The van der Waals surface area contributed by atoms with Gasteiger partial charge in [-0.3, -0.25) is 10.1 Å². The van der Waals surface area contributed by atoms with Crippen molar-refractivity contribution in [2.45, 2.75) is 12.0 Å². The number of anilines is 1. The second-order valence-corrected chi connectivity index (χ2v) is 5.53. The average Bonchev–Trinajstić information content (AvgIpc) is 2.95. The van der Waals surface area contributed by atoms with Crippen LogP contribution in [0.5, 0.6) is 5.75 Å². The molecule has 1 fully saturated rings. The molecule has 3 amide bonds. The van der Waals surface area contributed by atoms with E-state index in [1.807, 2.05) is 0 Å². The van der Waals surface area contributed by atoms with Crippen LogP contribution in [0.1, 0.15) is 11.5 Å². The molecule has 3 rings (SSSR count). The maximum absolute atomic E-state index is 14.3. The molecule has 3 N–H and O–H groups in total. The Labute approximate surface area is 147 Å². The molecule has 1 aromatic heterocycles. The monoisotopic (exact) mass is 363 g/mol. The number of amides is 3.